The summed E-state index contributed by atoms with van der Waals surface area (Å²) in [7, 11) is 1.85. The van der Waals surface area contributed by atoms with E-state index >= 15 is 0 Å². The zero-order valence-corrected chi connectivity index (χ0v) is 11.7. The first kappa shape index (κ1) is 12.7. The monoisotopic (exact) mass is 288 g/mol. The molecule has 0 bridgehead atoms. The Morgan fingerprint density at radius 3 is 2.53 bits per heavy atom. The van der Waals surface area contributed by atoms with Gasteiger partial charge in [-0.1, -0.05) is 41.7 Å². The SMILES string of the molecule is CCc1c(Cl)nn(C)c1-c1ccc(Cl)cc1Cl. The van der Waals surface area contributed by atoms with Crippen LogP contribution in [0.25, 0.3) is 11.3 Å². The van der Waals surface area contributed by atoms with Gasteiger partial charge in [-0.25, -0.2) is 0 Å². The van der Waals surface area contributed by atoms with Crippen molar-refractivity contribution in [2.75, 3.05) is 0 Å². The second-order valence-corrected chi connectivity index (χ2v) is 4.92. The first-order chi connectivity index (χ1) is 8.04. The summed E-state index contributed by atoms with van der Waals surface area (Å²) in [4.78, 5) is 0. The van der Waals surface area contributed by atoms with Gasteiger partial charge in [0.1, 0.15) is 0 Å². The molecule has 90 valence electrons. The van der Waals surface area contributed by atoms with Crippen molar-refractivity contribution in [1.29, 1.82) is 0 Å². The molecule has 1 aromatic carbocycles. The van der Waals surface area contributed by atoms with E-state index in [1.807, 2.05) is 26.1 Å². The third kappa shape index (κ3) is 2.30. The van der Waals surface area contributed by atoms with Gasteiger partial charge in [-0.05, 0) is 24.6 Å². The van der Waals surface area contributed by atoms with E-state index in [4.69, 9.17) is 34.8 Å². The van der Waals surface area contributed by atoms with Crippen molar-refractivity contribution in [2.24, 2.45) is 7.05 Å². The van der Waals surface area contributed by atoms with E-state index in [1.54, 1.807) is 10.7 Å². The summed E-state index contributed by atoms with van der Waals surface area (Å²) >= 11 is 18.2. The van der Waals surface area contributed by atoms with Gasteiger partial charge in [0.2, 0.25) is 0 Å². The number of hydrogen-bond acceptors (Lipinski definition) is 1. The van der Waals surface area contributed by atoms with E-state index in [9.17, 15) is 0 Å². The van der Waals surface area contributed by atoms with Crippen LogP contribution >= 0.6 is 34.8 Å². The van der Waals surface area contributed by atoms with Crippen molar-refractivity contribution in [3.63, 3.8) is 0 Å². The molecule has 0 fully saturated rings. The maximum atomic E-state index is 6.21. The smallest absolute Gasteiger partial charge is 0.154 e. The fourth-order valence-electron chi connectivity index (χ4n) is 1.87. The van der Waals surface area contributed by atoms with Crippen molar-refractivity contribution in [3.05, 3.63) is 39.0 Å². The van der Waals surface area contributed by atoms with Crippen LogP contribution in [0.5, 0.6) is 0 Å². The summed E-state index contributed by atoms with van der Waals surface area (Å²) in [6.07, 6.45) is 0.807. The molecule has 1 aromatic heterocycles. The molecular weight excluding hydrogens is 279 g/mol. The van der Waals surface area contributed by atoms with E-state index in [1.165, 1.54) is 0 Å². The van der Waals surface area contributed by atoms with Crippen LogP contribution in [0, 0.1) is 0 Å². The Morgan fingerprint density at radius 2 is 1.94 bits per heavy atom. The highest BCUT2D eigenvalue weighted by Crippen LogP contribution is 2.35. The van der Waals surface area contributed by atoms with Crippen LogP contribution in [0.15, 0.2) is 18.2 Å². The number of halogens is 3. The quantitative estimate of drug-likeness (QED) is 0.789. The molecule has 2 nitrogen and oxygen atoms in total. The minimum absolute atomic E-state index is 0.524. The van der Waals surface area contributed by atoms with Crippen molar-refractivity contribution in [2.45, 2.75) is 13.3 Å². The van der Waals surface area contributed by atoms with Gasteiger partial charge >= 0.3 is 0 Å². The van der Waals surface area contributed by atoms with Crippen molar-refractivity contribution in [3.8, 4) is 11.3 Å². The summed E-state index contributed by atoms with van der Waals surface area (Å²) < 4.78 is 1.75. The molecule has 0 atom stereocenters. The Balaban J connectivity index is 2.67. The number of aryl methyl sites for hydroxylation is 1. The predicted molar refractivity (Wildman–Crippen MR) is 73.1 cm³/mol. The van der Waals surface area contributed by atoms with Crippen molar-refractivity contribution in [1.82, 2.24) is 9.78 Å². The van der Waals surface area contributed by atoms with Crippen LogP contribution in [-0.4, -0.2) is 9.78 Å². The van der Waals surface area contributed by atoms with Crippen LogP contribution in [0.4, 0.5) is 0 Å². The first-order valence-corrected chi connectivity index (χ1v) is 6.34. The zero-order chi connectivity index (χ0) is 12.6. The average molecular weight is 290 g/mol. The highest BCUT2D eigenvalue weighted by atomic mass is 35.5. The van der Waals surface area contributed by atoms with Gasteiger partial charge < -0.3 is 0 Å². The highest BCUT2D eigenvalue weighted by Gasteiger charge is 2.17. The minimum Gasteiger partial charge on any atom is -0.266 e. The Hall–Kier alpha value is -0.700. The molecular formula is C12H11Cl3N2. The lowest BCUT2D eigenvalue weighted by Crippen LogP contribution is -1.95. The van der Waals surface area contributed by atoms with Gasteiger partial charge in [0.15, 0.2) is 5.15 Å². The van der Waals surface area contributed by atoms with Gasteiger partial charge in [0.05, 0.1) is 10.7 Å². The second kappa shape index (κ2) is 4.89. The second-order valence-electron chi connectivity index (χ2n) is 3.72. The Labute approximate surface area is 115 Å². The molecule has 0 saturated heterocycles. The fraction of sp³-hybridized carbons (Fsp3) is 0.250. The molecule has 0 spiro atoms. The number of nitrogens with zero attached hydrogens (tertiary/aromatic N) is 2. The highest BCUT2D eigenvalue weighted by molar-refractivity contribution is 6.36. The third-order valence-corrected chi connectivity index (χ3v) is 3.49. The number of rotatable bonds is 2. The first-order valence-electron chi connectivity index (χ1n) is 5.21. The van der Waals surface area contributed by atoms with Gasteiger partial charge in [-0.15, -0.1) is 0 Å². The van der Waals surface area contributed by atoms with Crippen molar-refractivity contribution >= 4 is 34.8 Å². The molecule has 1 heterocycles. The Morgan fingerprint density at radius 1 is 1.24 bits per heavy atom. The standard InChI is InChI=1S/C12H11Cl3N2/c1-3-8-11(17(2)16-12(8)15)9-5-4-7(13)6-10(9)14/h4-6H,3H2,1-2H3. The molecule has 2 rings (SSSR count). The molecule has 0 unspecified atom stereocenters. The van der Waals surface area contributed by atoms with Gasteiger partial charge in [0, 0.05) is 23.2 Å². The largest absolute Gasteiger partial charge is 0.266 e. The molecule has 0 amide bonds. The summed E-state index contributed by atoms with van der Waals surface area (Å²) in [6, 6.07) is 5.42. The lowest BCUT2D eigenvalue weighted by molar-refractivity contribution is 0.776. The molecule has 0 saturated carbocycles. The van der Waals surface area contributed by atoms with Gasteiger partial charge in [-0.2, -0.15) is 5.10 Å². The summed E-state index contributed by atoms with van der Waals surface area (Å²) in [6.45, 7) is 2.04. The molecule has 2 aromatic rings. The molecule has 0 radical (unpaired) electrons. The summed E-state index contributed by atoms with van der Waals surface area (Å²) in [5.41, 5.74) is 2.84. The van der Waals surface area contributed by atoms with E-state index in [2.05, 4.69) is 5.10 Å². The summed E-state index contributed by atoms with van der Waals surface area (Å²) in [5, 5.41) is 5.96. The van der Waals surface area contributed by atoms with Crippen LogP contribution in [0.2, 0.25) is 15.2 Å². The lowest BCUT2D eigenvalue weighted by atomic mass is 10.1. The maximum Gasteiger partial charge on any atom is 0.154 e. The minimum atomic E-state index is 0.524. The van der Waals surface area contributed by atoms with E-state index in [-0.39, 0.29) is 0 Å². The molecule has 0 aliphatic carbocycles. The normalized spacial score (nSPS) is 10.9. The number of hydrogen-bond donors (Lipinski definition) is 0. The van der Waals surface area contributed by atoms with Crippen LogP contribution in [-0.2, 0) is 13.5 Å². The molecule has 5 heteroatoms. The van der Waals surface area contributed by atoms with Gasteiger partial charge in [0.25, 0.3) is 0 Å². The molecule has 17 heavy (non-hydrogen) atoms. The Bertz CT molecular complexity index is 561. The molecule has 0 aliphatic rings. The Kier molecular flexibility index (Phi) is 3.67. The number of aromatic nitrogens is 2. The third-order valence-electron chi connectivity index (χ3n) is 2.64. The molecule has 0 N–H and O–H groups in total. The van der Waals surface area contributed by atoms with E-state index in [0.717, 1.165) is 23.2 Å². The number of benzene rings is 1. The van der Waals surface area contributed by atoms with E-state index < -0.39 is 0 Å². The molecule has 0 aliphatic heterocycles. The lowest BCUT2D eigenvalue weighted by Gasteiger charge is -2.07. The van der Waals surface area contributed by atoms with Gasteiger partial charge in [-0.3, -0.25) is 4.68 Å². The van der Waals surface area contributed by atoms with Crippen LogP contribution in [0.3, 0.4) is 0 Å². The maximum absolute atomic E-state index is 6.21. The van der Waals surface area contributed by atoms with Crippen LogP contribution in [0.1, 0.15) is 12.5 Å². The summed E-state index contributed by atoms with van der Waals surface area (Å²) in [5.74, 6) is 0. The van der Waals surface area contributed by atoms with Crippen LogP contribution < -0.4 is 0 Å². The van der Waals surface area contributed by atoms with E-state index in [0.29, 0.717) is 15.2 Å². The zero-order valence-electron chi connectivity index (χ0n) is 9.47. The topological polar surface area (TPSA) is 17.8 Å². The average Bonchev–Trinajstić information content (AvgIpc) is 2.53. The predicted octanol–water partition coefficient (Wildman–Crippen LogP) is 4.61. The fourth-order valence-corrected chi connectivity index (χ4v) is 2.70. The van der Waals surface area contributed by atoms with Crippen molar-refractivity contribution < 1.29 is 0 Å².